The molecule has 0 radical (unpaired) electrons. The van der Waals surface area contributed by atoms with E-state index in [4.69, 9.17) is 0 Å². The highest BCUT2D eigenvalue weighted by atomic mass is 16.6. The van der Waals surface area contributed by atoms with E-state index in [0.717, 1.165) is 5.69 Å². The van der Waals surface area contributed by atoms with Gasteiger partial charge in [0.25, 0.3) is 0 Å². The molecule has 0 N–H and O–H groups in total. The van der Waals surface area contributed by atoms with Crippen molar-refractivity contribution in [3.63, 3.8) is 0 Å². The molecule has 0 aliphatic rings. The van der Waals surface area contributed by atoms with Crippen LogP contribution in [0, 0.1) is 10.1 Å². The number of nitro groups is 1. The standard InChI is InChI=1S/C10H12N4O3/c1-6(2)13(3)7-4-5-8(14(15)16)10-9(7)11-17-12-10/h4-6H,1-3H3. The van der Waals surface area contributed by atoms with Gasteiger partial charge in [0.1, 0.15) is 0 Å². The van der Waals surface area contributed by atoms with Crippen LogP contribution >= 0.6 is 0 Å². The van der Waals surface area contributed by atoms with Gasteiger partial charge in [-0.05, 0) is 30.2 Å². The zero-order chi connectivity index (χ0) is 12.6. The van der Waals surface area contributed by atoms with Gasteiger partial charge in [-0.2, -0.15) is 0 Å². The second kappa shape index (κ2) is 4.00. The number of hydrogen-bond acceptors (Lipinski definition) is 6. The molecule has 0 aliphatic carbocycles. The number of fused-ring (bicyclic) bond motifs is 1. The SMILES string of the molecule is CC(C)N(C)c1ccc([N+](=O)[O-])c2nonc12. The zero-order valence-corrected chi connectivity index (χ0v) is 9.75. The summed E-state index contributed by atoms with van der Waals surface area (Å²) in [4.78, 5) is 12.3. The van der Waals surface area contributed by atoms with E-state index in [1.807, 2.05) is 25.8 Å². The summed E-state index contributed by atoms with van der Waals surface area (Å²) in [6, 6.07) is 3.32. The molecular weight excluding hydrogens is 224 g/mol. The average molecular weight is 236 g/mol. The molecule has 0 saturated carbocycles. The maximum Gasteiger partial charge on any atom is 0.300 e. The molecule has 90 valence electrons. The molecule has 0 spiro atoms. The Kier molecular flexibility index (Phi) is 2.66. The van der Waals surface area contributed by atoms with Crippen LogP contribution in [0.5, 0.6) is 0 Å². The molecule has 7 nitrogen and oxygen atoms in total. The predicted molar refractivity (Wildman–Crippen MR) is 62.0 cm³/mol. The largest absolute Gasteiger partial charge is 0.370 e. The zero-order valence-electron chi connectivity index (χ0n) is 9.75. The summed E-state index contributed by atoms with van der Waals surface area (Å²) in [5.41, 5.74) is 1.26. The minimum absolute atomic E-state index is 0.0952. The van der Waals surface area contributed by atoms with E-state index in [2.05, 4.69) is 14.9 Å². The Bertz CT molecular complexity index is 564. The minimum atomic E-state index is -0.494. The molecule has 0 aliphatic heterocycles. The highest BCUT2D eigenvalue weighted by Crippen LogP contribution is 2.31. The molecule has 0 unspecified atom stereocenters. The highest BCUT2D eigenvalue weighted by Gasteiger charge is 2.21. The van der Waals surface area contributed by atoms with Gasteiger partial charge < -0.3 is 4.90 Å². The first kappa shape index (κ1) is 11.3. The van der Waals surface area contributed by atoms with Crippen molar-refractivity contribution in [1.82, 2.24) is 10.3 Å². The van der Waals surface area contributed by atoms with E-state index < -0.39 is 4.92 Å². The second-order valence-corrected chi connectivity index (χ2v) is 4.03. The lowest BCUT2D eigenvalue weighted by Gasteiger charge is -2.23. The second-order valence-electron chi connectivity index (χ2n) is 4.03. The Morgan fingerprint density at radius 2 is 2.00 bits per heavy atom. The fourth-order valence-electron chi connectivity index (χ4n) is 1.55. The predicted octanol–water partition coefficient (Wildman–Crippen LogP) is 1.98. The van der Waals surface area contributed by atoms with Crippen molar-refractivity contribution in [2.24, 2.45) is 0 Å². The topological polar surface area (TPSA) is 85.3 Å². The normalized spacial score (nSPS) is 11.1. The quantitative estimate of drug-likeness (QED) is 0.598. The molecule has 2 aromatic rings. The number of hydrogen-bond donors (Lipinski definition) is 0. The van der Waals surface area contributed by atoms with Gasteiger partial charge >= 0.3 is 5.69 Å². The van der Waals surface area contributed by atoms with Crippen LogP contribution in [0.4, 0.5) is 11.4 Å². The van der Waals surface area contributed by atoms with Crippen molar-refractivity contribution >= 4 is 22.4 Å². The first-order valence-corrected chi connectivity index (χ1v) is 5.15. The highest BCUT2D eigenvalue weighted by molar-refractivity contribution is 5.93. The van der Waals surface area contributed by atoms with Crippen LogP contribution in [0.3, 0.4) is 0 Å². The summed E-state index contributed by atoms with van der Waals surface area (Å²) in [5.74, 6) is 0. The number of rotatable bonds is 3. The molecule has 1 aromatic carbocycles. The molecule has 0 bridgehead atoms. The lowest BCUT2D eigenvalue weighted by molar-refractivity contribution is -0.383. The van der Waals surface area contributed by atoms with E-state index in [1.165, 1.54) is 6.07 Å². The van der Waals surface area contributed by atoms with Gasteiger partial charge in [0.05, 0.1) is 10.6 Å². The van der Waals surface area contributed by atoms with Crippen molar-refractivity contribution < 1.29 is 9.55 Å². The molecule has 0 atom stereocenters. The first-order chi connectivity index (χ1) is 8.02. The molecule has 0 amide bonds. The summed E-state index contributed by atoms with van der Waals surface area (Å²) >= 11 is 0. The van der Waals surface area contributed by atoms with Gasteiger partial charge in [0.2, 0.25) is 5.52 Å². The van der Waals surface area contributed by atoms with E-state index in [0.29, 0.717) is 5.52 Å². The molecule has 1 heterocycles. The number of nitro benzene ring substituents is 1. The van der Waals surface area contributed by atoms with Crippen LogP contribution in [0.15, 0.2) is 16.8 Å². The monoisotopic (exact) mass is 236 g/mol. The van der Waals surface area contributed by atoms with Crippen LogP contribution in [0.25, 0.3) is 11.0 Å². The van der Waals surface area contributed by atoms with Gasteiger partial charge in [-0.15, -0.1) is 0 Å². The molecule has 7 heteroatoms. The van der Waals surface area contributed by atoms with Gasteiger partial charge in [-0.25, -0.2) is 4.63 Å². The minimum Gasteiger partial charge on any atom is -0.370 e. The molecule has 17 heavy (non-hydrogen) atoms. The smallest absolute Gasteiger partial charge is 0.300 e. The lowest BCUT2D eigenvalue weighted by Crippen LogP contribution is -2.25. The van der Waals surface area contributed by atoms with E-state index in [1.54, 1.807) is 6.07 Å². The van der Waals surface area contributed by atoms with Gasteiger partial charge in [-0.3, -0.25) is 10.1 Å². The number of nitrogens with zero attached hydrogens (tertiary/aromatic N) is 4. The summed E-state index contributed by atoms with van der Waals surface area (Å²) in [6.45, 7) is 4.03. The number of non-ortho nitro benzene ring substituents is 1. The molecule has 1 aromatic heterocycles. The molecule has 0 saturated heterocycles. The van der Waals surface area contributed by atoms with Crippen molar-refractivity contribution in [3.05, 3.63) is 22.2 Å². The summed E-state index contributed by atoms with van der Waals surface area (Å²) in [7, 11) is 1.89. The van der Waals surface area contributed by atoms with Gasteiger partial charge in [0.15, 0.2) is 5.52 Å². The maximum absolute atomic E-state index is 10.8. The number of aromatic nitrogens is 2. The van der Waals surface area contributed by atoms with Gasteiger partial charge in [-0.1, -0.05) is 0 Å². The molecule has 0 fully saturated rings. The van der Waals surface area contributed by atoms with Crippen LogP contribution in [0.1, 0.15) is 13.8 Å². The summed E-state index contributed by atoms with van der Waals surface area (Å²) in [6.07, 6.45) is 0. The van der Waals surface area contributed by atoms with Crippen molar-refractivity contribution in [2.45, 2.75) is 19.9 Å². The van der Waals surface area contributed by atoms with Gasteiger partial charge in [0, 0.05) is 19.2 Å². The number of anilines is 1. The summed E-state index contributed by atoms with van der Waals surface area (Å²) in [5, 5.41) is 18.1. The lowest BCUT2D eigenvalue weighted by atomic mass is 10.2. The fourth-order valence-corrected chi connectivity index (χ4v) is 1.55. The number of benzene rings is 1. The Balaban J connectivity index is 2.65. The summed E-state index contributed by atoms with van der Waals surface area (Å²) < 4.78 is 4.60. The van der Waals surface area contributed by atoms with E-state index in [9.17, 15) is 10.1 Å². The third-order valence-corrected chi connectivity index (χ3v) is 2.72. The van der Waals surface area contributed by atoms with E-state index >= 15 is 0 Å². The van der Waals surface area contributed by atoms with Crippen molar-refractivity contribution in [3.8, 4) is 0 Å². The molecular formula is C10H12N4O3. The van der Waals surface area contributed by atoms with Crippen LogP contribution in [0.2, 0.25) is 0 Å². The Hall–Kier alpha value is -2.18. The van der Waals surface area contributed by atoms with Crippen LogP contribution in [-0.4, -0.2) is 28.3 Å². The van der Waals surface area contributed by atoms with Crippen LogP contribution in [-0.2, 0) is 0 Å². The maximum atomic E-state index is 10.8. The third-order valence-electron chi connectivity index (χ3n) is 2.72. The average Bonchev–Trinajstić information content (AvgIpc) is 2.74. The molecule has 2 rings (SSSR count). The van der Waals surface area contributed by atoms with Crippen molar-refractivity contribution in [1.29, 1.82) is 0 Å². The van der Waals surface area contributed by atoms with E-state index in [-0.39, 0.29) is 17.2 Å². The van der Waals surface area contributed by atoms with Crippen molar-refractivity contribution in [2.75, 3.05) is 11.9 Å². The first-order valence-electron chi connectivity index (χ1n) is 5.15. The Morgan fingerprint density at radius 3 is 2.59 bits per heavy atom. The Labute approximate surface area is 97.1 Å². The third kappa shape index (κ3) is 1.79. The van der Waals surface area contributed by atoms with Crippen LogP contribution < -0.4 is 4.90 Å². The Morgan fingerprint density at radius 1 is 1.35 bits per heavy atom. The fraction of sp³-hybridized carbons (Fsp3) is 0.400.